The van der Waals surface area contributed by atoms with Gasteiger partial charge in [0.25, 0.3) is 0 Å². The Bertz CT molecular complexity index is 669. The lowest BCUT2D eigenvalue weighted by Crippen LogP contribution is -2.39. The number of alkyl carbamates (subject to hydrolysis) is 1. The van der Waals surface area contributed by atoms with Crippen LogP contribution in [0.4, 0.5) is 4.79 Å². The van der Waals surface area contributed by atoms with Gasteiger partial charge in [-0.2, -0.15) is 5.10 Å². The van der Waals surface area contributed by atoms with E-state index >= 15 is 0 Å². The summed E-state index contributed by atoms with van der Waals surface area (Å²) in [6, 6.07) is 8.35. The number of carbonyl (C=O) groups is 1. The summed E-state index contributed by atoms with van der Waals surface area (Å²) >= 11 is 0. The summed E-state index contributed by atoms with van der Waals surface area (Å²) in [5.74, 6) is 0. The Balaban J connectivity index is 2.12. The van der Waals surface area contributed by atoms with Gasteiger partial charge in [0.2, 0.25) is 0 Å². The van der Waals surface area contributed by atoms with Crippen LogP contribution in [-0.4, -0.2) is 28.5 Å². The molecule has 5 nitrogen and oxygen atoms in total. The number of ether oxygens (including phenoxy) is 1. The Morgan fingerprint density at radius 1 is 1.25 bits per heavy atom. The Hall–Kier alpha value is -2.30. The van der Waals surface area contributed by atoms with Crippen molar-refractivity contribution in [3.05, 3.63) is 42.2 Å². The highest BCUT2D eigenvalue weighted by atomic mass is 16.6. The first-order valence-corrected chi connectivity index (χ1v) is 8.33. The van der Waals surface area contributed by atoms with Crippen molar-refractivity contribution in [2.75, 3.05) is 6.54 Å². The molecule has 1 aromatic carbocycles. The third-order valence-electron chi connectivity index (χ3n) is 3.91. The molecule has 0 fully saturated rings. The molecule has 0 saturated heterocycles. The molecule has 0 aliphatic rings. The molecular weight excluding hydrogens is 302 g/mol. The molecule has 0 aliphatic carbocycles. The van der Waals surface area contributed by atoms with Gasteiger partial charge in [0.15, 0.2) is 0 Å². The standard InChI is InChI=1S/C19H27N3O2/c1-6-20-18(23)24-17(19(3,4)5)13-22-12-16(11-21-22)15-9-7-14(2)8-10-15/h7-12,17H,6,13H2,1-5H3,(H,20,23). The monoisotopic (exact) mass is 329 g/mol. The van der Waals surface area contributed by atoms with Gasteiger partial charge in [-0.25, -0.2) is 4.79 Å². The fraction of sp³-hybridized carbons (Fsp3) is 0.474. The molecule has 0 spiro atoms. The third-order valence-corrected chi connectivity index (χ3v) is 3.91. The fourth-order valence-corrected chi connectivity index (χ4v) is 2.33. The maximum atomic E-state index is 11.8. The quantitative estimate of drug-likeness (QED) is 0.901. The molecule has 1 unspecified atom stereocenters. The molecule has 2 rings (SSSR count). The molecule has 1 heterocycles. The Morgan fingerprint density at radius 3 is 2.50 bits per heavy atom. The zero-order valence-corrected chi connectivity index (χ0v) is 15.2. The van der Waals surface area contributed by atoms with Crippen LogP contribution < -0.4 is 5.32 Å². The minimum Gasteiger partial charge on any atom is -0.444 e. The molecule has 130 valence electrons. The van der Waals surface area contributed by atoms with E-state index in [1.807, 2.05) is 24.0 Å². The third kappa shape index (κ3) is 4.85. The van der Waals surface area contributed by atoms with Crippen LogP contribution in [0.5, 0.6) is 0 Å². The molecule has 1 atom stereocenters. The van der Waals surface area contributed by atoms with E-state index in [0.29, 0.717) is 13.1 Å². The minimum atomic E-state index is -0.386. The summed E-state index contributed by atoms with van der Waals surface area (Å²) in [6.45, 7) is 11.2. The van der Waals surface area contributed by atoms with Gasteiger partial charge in [-0.3, -0.25) is 4.68 Å². The van der Waals surface area contributed by atoms with Crippen molar-refractivity contribution >= 4 is 6.09 Å². The van der Waals surface area contributed by atoms with E-state index in [0.717, 1.165) is 11.1 Å². The summed E-state index contributed by atoms with van der Waals surface area (Å²) in [7, 11) is 0. The first kappa shape index (κ1) is 18.0. The number of aromatic nitrogens is 2. The molecule has 1 amide bonds. The molecule has 0 bridgehead atoms. The first-order valence-electron chi connectivity index (χ1n) is 8.33. The number of hydrogen-bond acceptors (Lipinski definition) is 3. The van der Waals surface area contributed by atoms with Gasteiger partial charge in [0.1, 0.15) is 6.10 Å². The number of hydrogen-bond donors (Lipinski definition) is 1. The lowest BCUT2D eigenvalue weighted by molar-refractivity contribution is 0.0186. The Labute approximate surface area is 144 Å². The van der Waals surface area contributed by atoms with Crippen molar-refractivity contribution in [1.29, 1.82) is 0 Å². The highest BCUT2D eigenvalue weighted by Crippen LogP contribution is 2.25. The van der Waals surface area contributed by atoms with Crippen molar-refractivity contribution in [2.24, 2.45) is 5.41 Å². The number of amides is 1. The van der Waals surface area contributed by atoms with Crippen molar-refractivity contribution in [3.63, 3.8) is 0 Å². The van der Waals surface area contributed by atoms with Gasteiger partial charge in [-0.1, -0.05) is 50.6 Å². The van der Waals surface area contributed by atoms with Gasteiger partial charge in [0, 0.05) is 23.7 Å². The summed E-state index contributed by atoms with van der Waals surface area (Å²) in [5.41, 5.74) is 3.24. The highest BCUT2D eigenvalue weighted by Gasteiger charge is 2.29. The molecule has 1 aromatic heterocycles. The second-order valence-electron chi connectivity index (χ2n) is 7.11. The molecule has 24 heavy (non-hydrogen) atoms. The number of carbonyl (C=O) groups excluding carboxylic acids is 1. The Kier molecular flexibility index (Phi) is 5.65. The molecule has 0 saturated carbocycles. The van der Waals surface area contributed by atoms with Crippen molar-refractivity contribution in [3.8, 4) is 11.1 Å². The van der Waals surface area contributed by atoms with E-state index in [9.17, 15) is 4.79 Å². The van der Waals surface area contributed by atoms with Crippen LogP contribution >= 0.6 is 0 Å². The molecule has 0 aliphatic heterocycles. The zero-order valence-electron chi connectivity index (χ0n) is 15.2. The molecule has 2 aromatic rings. The molecule has 0 radical (unpaired) electrons. The normalized spacial score (nSPS) is 12.7. The molecule has 1 N–H and O–H groups in total. The Morgan fingerprint density at radius 2 is 1.92 bits per heavy atom. The zero-order chi connectivity index (χ0) is 17.7. The minimum absolute atomic E-state index is 0.180. The van der Waals surface area contributed by atoms with E-state index in [1.165, 1.54) is 5.56 Å². The number of rotatable bonds is 5. The highest BCUT2D eigenvalue weighted by molar-refractivity contribution is 5.67. The second kappa shape index (κ2) is 7.51. The number of nitrogens with zero attached hydrogens (tertiary/aromatic N) is 2. The number of benzene rings is 1. The van der Waals surface area contributed by atoms with Crippen LogP contribution in [0, 0.1) is 12.3 Å². The summed E-state index contributed by atoms with van der Waals surface area (Å²) in [4.78, 5) is 11.8. The predicted octanol–water partition coefficient (Wildman–Crippen LogP) is 4.02. The second-order valence-corrected chi connectivity index (χ2v) is 7.11. The van der Waals surface area contributed by atoms with Crippen molar-refractivity contribution < 1.29 is 9.53 Å². The van der Waals surface area contributed by atoms with Crippen LogP contribution in [0.15, 0.2) is 36.7 Å². The van der Waals surface area contributed by atoms with Crippen molar-refractivity contribution in [2.45, 2.75) is 47.3 Å². The van der Waals surface area contributed by atoms with Crippen LogP contribution in [0.2, 0.25) is 0 Å². The summed E-state index contributed by atoms with van der Waals surface area (Å²) < 4.78 is 7.42. The fourth-order valence-electron chi connectivity index (χ4n) is 2.33. The number of nitrogens with one attached hydrogen (secondary N) is 1. The van der Waals surface area contributed by atoms with Gasteiger partial charge in [-0.05, 0) is 19.4 Å². The summed E-state index contributed by atoms with van der Waals surface area (Å²) in [6.07, 6.45) is 3.18. The number of aryl methyl sites for hydroxylation is 1. The largest absolute Gasteiger partial charge is 0.444 e. The van der Waals surface area contributed by atoms with E-state index in [2.05, 4.69) is 62.4 Å². The molecule has 5 heteroatoms. The maximum Gasteiger partial charge on any atom is 0.407 e. The van der Waals surface area contributed by atoms with E-state index < -0.39 is 0 Å². The summed E-state index contributed by atoms with van der Waals surface area (Å²) in [5, 5.41) is 7.11. The van der Waals surface area contributed by atoms with Crippen LogP contribution in [0.1, 0.15) is 33.3 Å². The van der Waals surface area contributed by atoms with E-state index in [4.69, 9.17) is 4.74 Å². The van der Waals surface area contributed by atoms with Crippen molar-refractivity contribution in [1.82, 2.24) is 15.1 Å². The molecular formula is C19H27N3O2. The smallest absolute Gasteiger partial charge is 0.407 e. The average Bonchev–Trinajstić information content (AvgIpc) is 2.95. The SMILES string of the molecule is CCNC(=O)OC(Cn1cc(-c2ccc(C)cc2)cn1)C(C)(C)C. The maximum absolute atomic E-state index is 11.8. The van der Waals surface area contributed by atoms with E-state index in [-0.39, 0.29) is 17.6 Å². The van der Waals surface area contributed by atoms with Crippen LogP contribution in [-0.2, 0) is 11.3 Å². The topological polar surface area (TPSA) is 56.1 Å². The lowest BCUT2D eigenvalue weighted by Gasteiger charge is -2.30. The first-order chi connectivity index (χ1) is 11.3. The average molecular weight is 329 g/mol. The predicted molar refractivity (Wildman–Crippen MR) is 95.8 cm³/mol. The van der Waals surface area contributed by atoms with Crippen LogP contribution in [0.3, 0.4) is 0 Å². The van der Waals surface area contributed by atoms with Gasteiger partial charge < -0.3 is 10.1 Å². The van der Waals surface area contributed by atoms with Gasteiger partial charge in [-0.15, -0.1) is 0 Å². The lowest BCUT2D eigenvalue weighted by atomic mass is 9.89. The van der Waals surface area contributed by atoms with E-state index in [1.54, 1.807) is 0 Å². The van der Waals surface area contributed by atoms with Gasteiger partial charge in [0.05, 0.1) is 12.7 Å². The van der Waals surface area contributed by atoms with Crippen LogP contribution in [0.25, 0.3) is 11.1 Å². The van der Waals surface area contributed by atoms with Gasteiger partial charge >= 0.3 is 6.09 Å².